The molecule has 0 fully saturated rings. The monoisotopic (exact) mass is 321 g/mol. The Morgan fingerprint density at radius 3 is 2.77 bits per heavy atom. The lowest BCUT2D eigenvalue weighted by molar-refractivity contribution is 0.0950. The molecule has 0 unspecified atom stereocenters. The molecule has 2 heterocycles. The lowest BCUT2D eigenvalue weighted by Crippen LogP contribution is -2.23. The minimum Gasteiger partial charge on any atom is -0.346 e. The van der Waals surface area contributed by atoms with Gasteiger partial charge in [0.2, 0.25) is 0 Å². The summed E-state index contributed by atoms with van der Waals surface area (Å²) in [5.41, 5.74) is 1.30. The molecule has 3 rings (SSSR count). The fourth-order valence-electron chi connectivity index (χ4n) is 2.02. The topological polar surface area (TPSA) is 46.4 Å². The van der Waals surface area contributed by atoms with E-state index >= 15 is 0 Å². The second kappa shape index (κ2) is 5.73. The summed E-state index contributed by atoms with van der Waals surface area (Å²) < 4.78 is 27.6. The molecule has 0 saturated carbocycles. The van der Waals surface area contributed by atoms with E-state index in [1.54, 1.807) is 28.8 Å². The van der Waals surface area contributed by atoms with Crippen LogP contribution in [0.15, 0.2) is 42.6 Å². The zero-order valence-electron chi connectivity index (χ0n) is 11.2. The zero-order chi connectivity index (χ0) is 15.7. The Kier molecular flexibility index (Phi) is 3.77. The van der Waals surface area contributed by atoms with Crippen molar-refractivity contribution in [3.8, 4) is 0 Å². The molecule has 1 aromatic carbocycles. The molecule has 0 bridgehead atoms. The molecule has 4 nitrogen and oxygen atoms in total. The van der Waals surface area contributed by atoms with Gasteiger partial charge >= 0.3 is 0 Å². The quantitative estimate of drug-likeness (QED) is 0.753. The van der Waals surface area contributed by atoms with Crippen LogP contribution in [0, 0.1) is 11.6 Å². The number of carbonyl (C=O) groups is 1. The molecule has 7 heteroatoms. The summed E-state index contributed by atoms with van der Waals surface area (Å²) in [6, 6.07) is 8.26. The molecule has 0 aliphatic carbocycles. The van der Waals surface area contributed by atoms with Gasteiger partial charge in [-0.3, -0.25) is 9.20 Å². The Bertz CT molecular complexity index is 863. The van der Waals surface area contributed by atoms with E-state index in [2.05, 4.69) is 10.3 Å². The molecule has 3 aromatic rings. The van der Waals surface area contributed by atoms with Gasteiger partial charge in [0.05, 0.1) is 12.2 Å². The molecule has 112 valence electrons. The summed E-state index contributed by atoms with van der Waals surface area (Å²) in [6.45, 7) is 0.149. The van der Waals surface area contributed by atoms with Gasteiger partial charge in [0, 0.05) is 11.8 Å². The molecule has 1 N–H and O–H groups in total. The standard InChI is InChI=1S/C15H10ClF2N3O/c16-13-2-1-3-14-20-10(8-21(13)14)7-19-15(22)9-4-5-11(17)12(18)6-9/h1-6,8H,7H2,(H,19,22). The van der Waals surface area contributed by atoms with Gasteiger partial charge < -0.3 is 5.32 Å². The van der Waals surface area contributed by atoms with Crippen LogP contribution in [0.25, 0.3) is 5.65 Å². The van der Waals surface area contributed by atoms with Crippen molar-refractivity contribution < 1.29 is 13.6 Å². The molecular weight excluding hydrogens is 312 g/mol. The summed E-state index contributed by atoms with van der Waals surface area (Å²) in [5.74, 6) is -2.57. The lowest BCUT2D eigenvalue weighted by atomic mass is 10.2. The Morgan fingerprint density at radius 1 is 1.23 bits per heavy atom. The molecule has 0 atom stereocenters. The first-order chi connectivity index (χ1) is 10.5. The average molecular weight is 322 g/mol. The molecule has 2 aromatic heterocycles. The Hall–Kier alpha value is -2.47. The van der Waals surface area contributed by atoms with Crippen LogP contribution in [-0.2, 0) is 6.54 Å². The number of fused-ring (bicyclic) bond motifs is 1. The number of halogens is 3. The highest BCUT2D eigenvalue weighted by atomic mass is 35.5. The van der Waals surface area contributed by atoms with Gasteiger partial charge in [0.1, 0.15) is 10.8 Å². The van der Waals surface area contributed by atoms with E-state index in [4.69, 9.17) is 11.6 Å². The van der Waals surface area contributed by atoms with E-state index in [9.17, 15) is 13.6 Å². The molecule has 0 saturated heterocycles. The van der Waals surface area contributed by atoms with Crippen LogP contribution in [0.5, 0.6) is 0 Å². The molecule has 0 spiro atoms. The predicted molar refractivity (Wildman–Crippen MR) is 77.7 cm³/mol. The normalized spacial score (nSPS) is 10.9. The predicted octanol–water partition coefficient (Wildman–Crippen LogP) is 3.20. The fraction of sp³-hybridized carbons (Fsp3) is 0.0667. The van der Waals surface area contributed by atoms with Crippen LogP contribution in [0.4, 0.5) is 8.78 Å². The van der Waals surface area contributed by atoms with E-state index in [0.29, 0.717) is 16.5 Å². The number of benzene rings is 1. The second-order valence-electron chi connectivity index (χ2n) is 4.62. The Labute approximate surface area is 129 Å². The van der Waals surface area contributed by atoms with Crippen LogP contribution in [0.3, 0.4) is 0 Å². The Morgan fingerprint density at radius 2 is 2.05 bits per heavy atom. The number of imidazole rings is 1. The van der Waals surface area contributed by atoms with Crippen molar-refractivity contribution >= 4 is 23.2 Å². The van der Waals surface area contributed by atoms with Crippen molar-refractivity contribution in [2.45, 2.75) is 6.54 Å². The largest absolute Gasteiger partial charge is 0.346 e. The second-order valence-corrected chi connectivity index (χ2v) is 5.01. The summed E-state index contributed by atoms with van der Waals surface area (Å²) >= 11 is 6.02. The highest BCUT2D eigenvalue weighted by molar-refractivity contribution is 6.29. The fourth-order valence-corrected chi connectivity index (χ4v) is 2.23. The van der Waals surface area contributed by atoms with Gasteiger partial charge in [-0.15, -0.1) is 0 Å². The third-order valence-corrected chi connectivity index (χ3v) is 3.41. The van der Waals surface area contributed by atoms with Gasteiger partial charge in [0.25, 0.3) is 5.91 Å². The van der Waals surface area contributed by atoms with Gasteiger partial charge in [-0.2, -0.15) is 0 Å². The van der Waals surface area contributed by atoms with Gasteiger partial charge in [0.15, 0.2) is 11.6 Å². The number of aromatic nitrogens is 2. The summed E-state index contributed by atoms with van der Waals surface area (Å²) in [5, 5.41) is 3.10. The zero-order valence-corrected chi connectivity index (χ0v) is 11.9. The van der Waals surface area contributed by atoms with Crippen LogP contribution in [-0.4, -0.2) is 15.3 Å². The van der Waals surface area contributed by atoms with Gasteiger partial charge in [-0.1, -0.05) is 17.7 Å². The van der Waals surface area contributed by atoms with Crippen molar-refractivity contribution in [3.63, 3.8) is 0 Å². The van der Waals surface area contributed by atoms with E-state index in [1.807, 2.05) is 0 Å². The molecular formula is C15H10ClF2N3O. The van der Waals surface area contributed by atoms with E-state index in [-0.39, 0.29) is 12.1 Å². The summed E-state index contributed by atoms with van der Waals surface area (Å²) in [7, 11) is 0. The summed E-state index contributed by atoms with van der Waals surface area (Å²) in [4.78, 5) is 16.2. The highest BCUT2D eigenvalue weighted by Crippen LogP contribution is 2.13. The number of hydrogen-bond donors (Lipinski definition) is 1. The average Bonchev–Trinajstić information content (AvgIpc) is 2.92. The SMILES string of the molecule is O=C(NCc1cn2c(Cl)cccc2n1)c1ccc(F)c(F)c1. The maximum atomic E-state index is 13.1. The smallest absolute Gasteiger partial charge is 0.251 e. The third kappa shape index (κ3) is 2.78. The van der Waals surface area contributed by atoms with E-state index in [0.717, 1.165) is 12.1 Å². The Balaban J connectivity index is 1.74. The van der Waals surface area contributed by atoms with Crippen LogP contribution >= 0.6 is 11.6 Å². The number of rotatable bonds is 3. The number of nitrogens with one attached hydrogen (secondary N) is 1. The van der Waals surface area contributed by atoms with Crippen molar-refractivity contribution in [2.75, 3.05) is 0 Å². The highest BCUT2D eigenvalue weighted by Gasteiger charge is 2.10. The minimum absolute atomic E-state index is 0.0423. The number of nitrogens with zero attached hydrogens (tertiary/aromatic N) is 2. The van der Waals surface area contributed by atoms with Crippen molar-refractivity contribution in [1.29, 1.82) is 0 Å². The lowest BCUT2D eigenvalue weighted by Gasteiger charge is -2.03. The minimum atomic E-state index is -1.06. The number of hydrogen-bond acceptors (Lipinski definition) is 2. The maximum absolute atomic E-state index is 13.1. The summed E-state index contributed by atoms with van der Waals surface area (Å²) in [6.07, 6.45) is 1.70. The molecule has 22 heavy (non-hydrogen) atoms. The van der Waals surface area contributed by atoms with Crippen LogP contribution in [0.2, 0.25) is 5.15 Å². The molecule has 1 amide bonds. The van der Waals surface area contributed by atoms with Crippen molar-refractivity contribution in [3.05, 3.63) is 70.6 Å². The first-order valence-corrected chi connectivity index (χ1v) is 6.78. The number of carbonyl (C=O) groups excluding carboxylic acids is 1. The number of pyridine rings is 1. The maximum Gasteiger partial charge on any atom is 0.251 e. The van der Waals surface area contributed by atoms with E-state index < -0.39 is 17.5 Å². The van der Waals surface area contributed by atoms with Gasteiger partial charge in [-0.05, 0) is 30.3 Å². The van der Waals surface area contributed by atoms with E-state index in [1.165, 1.54) is 6.07 Å². The number of amides is 1. The van der Waals surface area contributed by atoms with Crippen LogP contribution < -0.4 is 5.32 Å². The first-order valence-electron chi connectivity index (χ1n) is 6.40. The molecule has 0 aliphatic rings. The van der Waals surface area contributed by atoms with Crippen molar-refractivity contribution in [1.82, 2.24) is 14.7 Å². The van der Waals surface area contributed by atoms with Crippen LogP contribution in [0.1, 0.15) is 16.1 Å². The van der Waals surface area contributed by atoms with Gasteiger partial charge in [-0.25, -0.2) is 13.8 Å². The van der Waals surface area contributed by atoms with Crippen molar-refractivity contribution in [2.24, 2.45) is 0 Å². The third-order valence-electron chi connectivity index (χ3n) is 3.10. The molecule has 0 aliphatic heterocycles. The molecule has 0 radical (unpaired) electrons. The first kappa shape index (κ1) is 14.5.